The number of thiol groups is 1. The van der Waals surface area contributed by atoms with Crippen molar-refractivity contribution in [3.8, 4) is 0 Å². The van der Waals surface area contributed by atoms with Gasteiger partial charge in [0.2, 0.25) is 0 Å². The summed E-state index contributed by atoms with van der Waals surface area (Å²) in [5, 5.41) is 8.85. The zero-order valence-electron chi connectivity index (χ0n) is 19.3. The van der Waals surface area contributed by atoms with E-state index in [1.54, 1.807) is 0 Å². The fraction of sp³-hybridized carbons (Fsp3) is 0.708. The van der Waals surface area contributed by atoms with Crippen molar-refractivity contribution in [3.05, 3.63) is 34.6 Å². The van der Waals surface area contributed by atoms with Crippen molar-refractivity contribution in [2.75, 3.05) is 45.4 Å². The molecule has 190 valence electrons. The highest BCUT2D eigenvalue weighted by molar-refractivity contribution is 7.80. The van der Waals surface area contributed by atoms with Gasteiger partial charge in [-0.05, 0) is 24.7 Å². The van der Waals surface area contributed by atoms with Crippen LogP contribution in [0.1, 0.15) is 73.7 Å². The molecular weight excluding hydrogens is 457 g/mol. The lowest BCUT2D eigenvalue weighted by atomic mass is 10.1. The summed E-state index contributed by atoms with van der Waals surface area (Å²) in [6.45, 7) is 2.01. The van der Waals surface area contributed by atoms with Crippen molar-refractivity contribution < 1.29 is 37.3 Å². The van der Waals surface area contributed by atoms with E-state index >= 15 is 0 Å². The maximum Gasteiger partial charge on any atom is 0.338 e. The number of carboxylic acids is 1. The topological polar surface area (TPSA) is 65.0 Å². The first-order chi connectivity index (χ1) is 16.0. The van der Waals surface area contributed by atoms with Gasteiger partial charge in [-0.15, -0.1) is 0 Å². The molecule has 1 rings (SSSR count). The molecule has 0 aliphatic rings. The second-order valence-electron chi connectivity index (χ2n) is 7.81. The fourth-order valence-corrected chi connectivity index (χ4v) is 3.52. The molecule has 0 radical (unpaired) electrons. The number of rotatable bonds is 21. The first-order valence-electron chi connectivity index (χ1n) is 11.7. The Hall–Kier alpha value is -1.29. The van der Waals surface area contributed by atoms with Gasteiger partial charge in [-0.25, -0.2) is 18.0 Å². The zero-order valence-corrected chi connectivity index (χ0v) is 20.2. The Morgan fingerprint density at radius 2 is 1.21 bits per heavy atom. The van der Waals surface area contributed by atoms with Crippen LogP contribution in [-0.4, -0.2) is 56.5 Å². The van der Waals surface area contributed by atoms with E-state index in [1.165, 1.54) is 51.4 Å². The number of benzene rings is 1. The first kappa shape index (κ1) is 29.7. The van der Waals surface area contributed by atoms with Crippen molar-refractivity contribution in [1.29, 1.82) is 0 Å². The first-order valence-corrected chi connectivity index (χ1v) is 12.4. The molecule has 0 saturated carbocycles. The summed E-state index contributed by atoms with van der Waals surface area (Å²) in [4.78, 5) is 10.9. The predicted molar refractivity (Wildman–Crippen MR) is 125 cm³/mol. The van der Waals surface area contributed by atoms with Gasteiger partial charge in [-0.2, -0.15) is 12.6 Å². The van der Waals surface area contributed by atoms with Gasteiger partial charge in [0.25, 0.3) is 0 Å². The summed E-state index contributed by atoms with van der Waals surface area (Å²) in [6, 6.07) is 0.335. The molecule has 0 bridgehead atoms. The van der Waals surface area contributed by atoms with E-state index in [0.717, 1.165) is 12.2 Å². The summed E-state index contributed by atoms with van der Waals surface area (Å²) < 4.78 is 57.3. The molecule has 0 aromatic heterocycles. The Labute approximate surface area is 200 Å². The van der Waals surface area contributed by atoms with Crippen LogP contribution < -0.4 is 0 Å². The van der Waals surface area contributed by atoms with Crippen LogP contribution in [-0.2, 0) is 20.6 Å². The molecule has 1 aromatic carbocycles. The number of hydrogen-bond acceptors (Lipinski definition) is 5. The smallest absolute Gasteiger partial charge is 0.338 e. The summed E-state index contributed by atoms with van der Waals surface area (Å²) in [5.74, 6) is -4.75. The number of aromatic carboxylic acids is 1. The molecule has 9 heteroatoms. The van der Waals surface area contributed by atoms with E-state index in [4.69, 9.17) is 19.3 Å². The molecule has 0 atom stereocenters. The molecule has 0 unspecified atom stereocenters. The van der Waals surface area contributed by atoms with Crippen LogP contribution in [0.5, 0.6) is 0 Å². The quantitative estimate of drug-likeness (QED) is 0.128. The highest BCUT2D eigenvalue weighted by Crippen LogP contribution is 2.21. The summed E-state index contributed by atoms with van der Waals surface area (Å²) >= 11 is 4.21. The number of ether oxygens (including phenoxy) is 3. The second kappa shape index (κ2) is 19.1. The molecule has 0 aliphatic carbocycles. The van der Waals surface area contributed by atoms with Crippen molar-refractivity contribution >= 4 is 18.6 Å². The number of carboxylic acid groups (broad SMARTS) is 1. The summed E-state index contributed by atoms with van der Waals surface area (Å²) in [6.07, 6.45) is 10.9. The standard InChI is InChI=1S/C24H37F3O5S/c25-21-18-20(24(28)29)22(26)19(23(21)27)10-12-31-14-16-32-15-13-30-11-8-6-4-2-1-3-5-7-9-17-33/h18,33H,1-17H2,(H,28,29). The molecule has 0 aliphatic heterocycles. The average Bonchev–Trinajstić information content (AvgIpc) is 2.79. The Kier molecular flexibility index (Phi) is 17.2. The lowest BCUT2D eigenvalue weighted by molar-refractivity contribution is 0.0142. The Morgan fingerprint density at radius 1 is 0.727 bits per heavy atom. The van der Waals surface area contributed by atoms with Crippen LogP contribution in [0.25, 0.3) is 0 Å². The molecule has 0 saturated heterocycles. The maximum absolute atomic E-state index is 14.0. The van der Waals surface area contributed by atoms with Crippen molar-refractivity contribution in [2.24, 2.45) is 0 Å². The van der Waals surface area contributed by atoms with Gasteiger partial charge in [0.05, 0.1) is 38.6 Å². The summed E-state index contributed by atoms with van der Waals surface area (Å²) in [7, 11) is 0. The zero-order chi connectivity index (χ0) is 24.3. The maximum atomic E-state index is 14.0. The number of carbonyl (C=O) groups is 1. The number of hydrogen-bond donors (Lipinski definition) is 2. The van der Waals surface area contributed by atoms with Crippen LogP contribution in [0, 0.1) is 17.5 Å². The van der Waals surface area contributed by atoms with Gasteiger partial charge in [0.1, 0.15) is 5.82 Å². The minimum Gasteiger partial charge on any atom is -0.478 e. The van der Waals surface area contributed by atoms with E-state index in [9.17, 15) is 18.0 Å². The predicted octanol–water partition coefficient (Wildman–Crippen LogP) is 5.84. The Balaban J connectivity index is 1.95. The normalized spacial score (nSPS) is 11.3. The van der Waals surface area contributed by atoms with Gasteiger partial charge in [0, 0.05) is 18.6 Å². The molecule has 33 heavy (non-hydrogen) atoms. The van der Waals surface area contributed by atoms with Crippen LogP contribution in [0.15, 0.2) is 6.07 Å². The van der Waals surface area contributed by atoms with E-state index in [0.29, 0.717) is 25.9 Å². The van der Waals surface area contributed by atoms with Gasteiger partial charge >= 0.3 is 5.97 Å². The molecule has 1 N–H and O–H groups in total. The van der Waals surface area contributed by atoms with Gasteiger partial charge in [-0.1, -0.05) is 44.9 Å². The summed E-state index contributed by atoms with van der Waals surface area (Å²) in [5.41, 5.74) is -1.53. The van der Waals surface area contributed by atoms with Crippen molar-refractivity contribution in [2.45, 2.75) is 64.2 Å². The van der Waals surface area contributed by atoms with Crippen LogP contribution in [0.2, 0.25) is 0 Å². The third kappa shape index (κ3) is 13.2. The minimum absolute atomic E-state index is 0.0914. The lowest BCUT2D eigenvalue weighted by Crippen LogP contribution is -2.13. The highest BCUT2D eigenvalue weighted by Gasteiger charge is 2.22. The largest absolute Gasteiger partial charge is 0.478 e. The number of halogens is 3. The Morgan fingerprint density at radius 3 is 1.76 bits per heavy atom. The average molecular weight is 495 g/mol. The van der Waals surface area contributed by atoms with E-state index in [1.807, 2.05) is 0 Å². The molecule has 0 heterocycles. The second-order valence-corrected chi connectivity index (χ2v) is 8.26. The minimum atomic E-state index is -1.66. The van der Waals surface area contributed by atoms with Crippen LogP contribution in [0.3, 0.4) is 0 Å². The van der Waals surface area contributed by atoms with E-state index in [2.05, 4.69) is 12.6 Å². The number of unbranched alkanes of at least 4 members (excludes halogenated alkanes) is 8. The monoisotopic (exact) mass is 494 g/mol. The van der Waals surface area contributed by atoms with E-state index in [-0.39, 0.29) is 26.2 Å². The third-order valence-electron chi connectivity index (χ3n) is 5.16. The van der Waals surface area contributed by atoms with Crippen molar-refractivity contribution in [1.82, 2.24) is 0 Å². The molecule has 0 fully saturated rings. The van der Waals surface area contributed by atoms with Crippen LogP contribution >= 0.6 is 12.6 Å². The molecule has 5 nitrogen and oxygen atoms in total. The molecule has 1 aromatic rings. The lowest BCUT2D eigenvalue weighted by Gasteiger charge is -2.10. The fourth-order valence-electron chi connectivity index (χ4n) is 3.30. The third-order valence-corrected chi connectivity index (χ3v) is 5.48. The van der Waals surface area contributed by atoms with E-state index < -0.39 is 34.5 Å². The molecule has 0 spiro atoms. The van der Waals surface area contributed by atoms with Crippen molar-refractivity contribution in [3.63, 3.8) is 0 Å². The Bertz CT molecular complexity index is 676. The van der Waals surface area contributed by atoms with Crippen LogP contribution in [0.4, 0.5) is 13.2 Å². The highest BCUT2D eigenvalue weighted by atomic mass is 32.1. The van der Waals surface area contributed by atoms with Gasteiger partial charge < -0.3 is 19.3 Å². The van der Waals surface area contributed by atoms with Gasteiger partial charge in [0.15, 0.2) is 11.6 Å². The van der Waals surface area contributed by atoms with Gasteiger partial charge in [-0.3, -0.25) is 0 Å². The molecule has 0 amide bonds. The molecular formula is C24H37F3O5S. The SMILES string of the molecule is O=C(O)c1cc(F)c(F)c(CCOCCOCCOCCCCCCCCCCCS)c1F.